The van der Waals surface area contributed by atoms with Crippen molar-refractivity contribution in [3.05, 3.63) is 35.9 Å². The van der Waals surface area contributed by atoms with Gasteiger partial charge in [0.2, 0.25) is 0 Å². The molecule has 0 fully saturated rings. The topological polar surface area (TPSA) is 62.9 Å². The summed E-state index contributed by atoms with van der Waals surface area (Å²) in [6.45, 7) is 6.27. The van der Waals surface area contributed by atoms with Gasteiger partial charge in [-0.05, 0) is 24.8 Å². The lowest BCUT2D eigenvalue weighted by Gasteiger charge is -2.07. The van der Waals surface area contributed by atoms with Crippen LogP contribution in [-0.2, 0) is 25.6 Å². The van der Waals surface area contributed by atoms with E-state index in [1.165, 1.54) is 5.56 Å². The Morgan fingerprint density at radius 3 is 1.61 bits per heavy atom. The van der Waals surface area contributed by atoms with E-state index in [1.807, 2.05) is 18.2 Å². The van der Waals surface area contributed by atoms with Crippen LogP contribution in [0.3, 0.4) is 0 Å². The highest BCUT2D eigenvalue weighted by Crippen LogP contribution is 2.00. The fourth-order valence-corrected chi connectivity index (χ4v) is 1.94. The molecule has 0 saturated heterocycles. The molecule has 0 heterocycles. The highest BCUT2D eigenvalue weighted by Gasteiger charge is 1.94. The number of benzene rings is 1. The quantitative estimate of drug-likeness (QED) is 0.473. The minimum Gasteiger partial charge on any atom is -0.381 e. The van der Waals surface area contributed by atoms with Crippen molar-refractivity contribution in [2.24, 2.45) is 5.73 Å². The van der Waals surface area contributed by atoms with Gasteiger partial charge in [0.1, 0.15) is 0 Å². The number of hydrogen-bond acceptors (Lipinski definition) is 5. The van der Waals surface area contributed by atoms with Crippen molar-refractivity contribution in [3.8, 4) is 0 Å². The maximum Gasteiger partial charge on any atom is 0.0716 e. The molecule has 0 aliphatic heterocycles. The SMILES string of the molecule is NCCOCCCOCCCOCCCOCc1ccccc1. The molecule has 0 unspecified atom stereocenters. The van der Waals surface area contributed by atoms with Crippen molar-refractivity contribution in [1.82, 2.24) is 0 Å². The van der Waals surface area contributed by atoms with Gasteiger partial charge in [-0.15, -0.1) is 0 Å². The first-order valence-electron chi connectivity index (χ1n) is 8.48. The fourth-order valence-electron chi connectivity index (χ4n) is 1.94. The summed E-state index contributed by atoms with van der Waals surface area (Å²) < 4.78 is 21.9. The predicted octanol–water partition coefficient (Wildman–Crippen LogP) is 2.38. The fraction of sp³-hybridized carbons (Fsp3) is 0.667. The summed E-state index contributed by atoms with van der Waals surface area (Å²) in [5.74, 6) is 0. The second kappa shape index (κ2) is 15.9. The lowest BCUT2D eigenvalue weighted by Crippen LogP contribution is -2.10. The molecule has 1 aromatic rings. The van der Waals surface area contributed by atoms with Crippen LogP contribution in [0, 0.1) is 0 Å². The summed E-state index contributed by atoms with van der Waals surface area (Å²) in [6.07, 6.45) is 2.76. The van der Waals surface area contributed by atoms with Gasteiger partial charge in [0.05, 0.1) is 13.2 Å². The van der Waals surface area contributed by atoms with Gasteiger partial charge in [-0.3, -0.25) is 0 Å². The number of hydrogen-bond donors (Lipinski definition) is 1. The van der Waals surface area contributed by atoms with Crippen molar-refractivity contribution in [2.75, 3.05) is 52.8 Å². The van der Waals surface area contributed by atoms with E-state index in [0.717, 1.165) is 58.9 Å². The normalized spacial score (nSPS) is 11.0. The van der Waals surface area contributed by atoms with E-state index in [0.29, 0.717) is 19.8 Å². The zero-order valence-electron chi connectivity index (χ0n) is 14.1. The molecule has 5 nitrogen and oxygen atoms in total. The highest BCUT2D eigenvalue weighted by atomic mass is 16.5. The molecule has 0 amide bonds. The number of rotatable bonds is 16. The van der Waals surface area contributed by atoms with Crippen LogP contribution in [0.4, 0.5) is 0 Å². The molecular weight excluding hydrogens is 294 g/mol. The molecular formula is C18H31NO4. The third-order valence-electron chi connectivity index (χ3n) is 3.11. The van der Waals surface area contributed by atoms with E-state index >= 15 is 0 Å². The van der Waals surface area contributed by atoms with Crippen LogP contribution < -0.4 is 5.73 Å². The summed E-state index contributed by atoms with van der Waals surface area (Å²) >= 11 is 0. The van der Waals surface area contributed by atoms with E-state index < -0.39 is 0 Å². The number of ether oxygens (including phenoxy) is 4. The molecule has 2 N–H and O–H groups in total. The Kier molecular flexibility index (Phi) is 13.9. The standard InChI is InChI=1S/C18H31NO4/c19-9-16-22-14-5-12-20-10-4-11-21-13-6-15-23-17-18-7-2-1-3-8-18/h1-3,7-8H,4-6,9-17,19H2. The maximum atomic E-state index is 5.60. The van der Waals surface area contributed by atoms with E-state index in [-0.39, 0.29) is 0 Å². The Morgan fingerprint density at radius 1 is 0.609 bits per heavy atom. The molecule has 1 rings (SSSR count). The Balaban J connectivity index is 1.72. The minimum absolute atomic E-state index is 0.579. The van der Waals surface area contributed by atoms with Gasteiger partial charge < -0.3 is 24.7 Å². The Bertz CT molecular complexity index is 348. The summed E-state index contributed by atoms with van der Waals surface area (Å²) in [5.41, 5.74) is 6.53. The highest BCUT2D eigenvalue weighted by molar-refractivity contribution is 5.13. The minimum atomic E-state index is 0.579. The van der Waals surface area contributed by atoms with Crippen LogP contribution in [0.25, 0.3) is 0 Å². The largest absolute Gasteiger partial charge is 0.381 e. The third-order valence-corrected chi connectivity index (χ3v) is 3.11. The summed E-state index contributed by atoms with van der Waals surface area (Å²) in [7, 11) is 0. The molecule has 0 radical (unpaired) electrons. The molecule has 0 aromatic heterocycles. The molecule has 0 atom stereocenters. The molecule has 0 spiro atoms. The van der Waals surface area contributed by atoms with Crippen LogP contribution in [0.1, 0.15) is 24.8 Å². The monoisotopic (exact) mass is 325 g/mol. The lowest BCUT2D eigenvalue weighted by atomic mass is 10.2. The molecule has 5 heteroatoms. The second-order valence-corrected chi connectivity index (χ2v) is 5.22. The Morgan fingerprint density at radius 2 is 1.09 bits per heavy atom. The second-order valence-electron chi connectivity index (χ2n) is 5.22. The average Bonchev–Trinajstić information content (AvgIpc) is 2.59. The van der Waals surface area contributed by atoms with Gasteiger partial charge in [-0.25, -0.2) is 0 Å². The zero-order valence-corrected chi connectivity index (χ0v) is 14.1. The predicted molar refractivity (Wildman–Crippen MR) is 91.5 cm³/mol. The van der Waals surface area contributed by atoms with E-state index in [2.05, 4.69) is 12.1 Å². The first-order chi connectivity index (χ1) is 11.4. The molecule has 0 bridgehead atoms. The van der Waals surface area contributed by atoms with Crippen molar-refractivity contribution < 1.29 is 18.9 Å². The average molecular weight is 325 g/mol. The number of nitrogens with two attached hydrogens (primary N) is 1. The molecule has 0 aliphatic rings. The van der Waals surface area contributed by atoms with Crippen LogP contribution in [0.2, 0.25) is 0 Å². The van der Waals surface area contributed by atoms with Gasteiger partial charge in [-0.1, -0.05) is 30.3 Å². The summed E-state index contributed by atoms with van der Waals surface area (Å²) in [4.78, 5) is 0. The Labute approximate surface area is 140 Å². The summed E-state index contributed by atoms with van der Waals surface area (Å²) in [5, 5.41) is 0. The smallest absolute Gasteiger partial charge is 0.0716 e. The summed E-state index contributed by atoms with van der Waals surface area (Å²) in [6, 6.07) is 10.2. The molecule has 0 aliphatic carbocycles. The molecule has 1 aromatic carbocycles. The van der Waals surface area contributed by atoms with Gasteiger partial charge >= 0.3 is 0 Å². The lowest BCUT2D eigenvalue weighted by molar-refractivity contribution is 0.0526. The van der Waals surface area contributed by atoms with Crippen LogP contribution >= 0.6 is 0 Å². The van der Waals surface area contributed by atoms with Crippen molar-refractivity contribution in [3.63, 3.8) is 0 Å². The zero-order chi connectivity index (χ0) is 16.4. The van der Waals surface area contributed by atoms with Crippen LogP contribution in [0.5, 0.6) is 0 Å². The van der Waals surface area contributed by atoms with Crippen LogP contribution in [0.15, 0.2) is 30.3 Å². The first kappa shape index (κ1) is 20.1. The van der Waals surface area contributed by atoms with Gasteiger partial charge in [0.25, 0.3) is 0 Å². The van der Waals surface area contributed by atoms with Gasteiger partial charge in [-0.2, -0.15) is 0 Å². The van der Waals surface area contributed by atoms with Gasteiger partial charge in [0, 0.05) is 46.2 Å². The van der Waals surface area contributed by atoms with Crippen molar-refractivity contribution >= 4 is 0 Å². The van der Waals surface area contributed by atoms with E-state index in [1.54, 1.807) is 0 Å². The first-order valence-corrected chi connectivity index (χ1v) is 8.48. The maximum absolute atomic E-state index is 5.60. The van der Waals surface area contributed by atoms with Crippen molar-refractivity contribution in [1.29, 1.82) is 0 Å². The van der Waals surface area contributed by atoms with E-state index in [9.17, 15) is 0 Å². The Hall–Kier alpha value is -0.980. The van der Waals surface area contributed by atoms with Crippen LogP contribution in [-0.4, -0.2) is 52.8 Å². The molecule has 0 saturated carbocycles. The van der Waals surface area contributed by atoms with Crippen molar-refractivity contribution in [2.45, 2.75) is 25.9 Å². The molecule has 23 heavy (non-hydrogen) atoms. The molecule has 132 valence electrons. The van der Waals surface area contributed by atoms with Gasteiger partial charge in [0.15, 0.2) is 0 Å². The third kappa shape index (κ3) is 13.2. The van der Waals surface area contributed by atoms with E-state index in [4.69, 9.17) is 24.7 Å².